The number of thiophene rings is 1. The normalized spacial score (nSPS) is 19.3. The number of rotatable bonds is 7. The van der Waals surface area contributed by atoms with Crippen LogP contribution < -0.4 is 5.32 Å². The van der Waals surface area contributed by atoms with Gasteiger partial charge in [0.25, 0.3) is 5.91 Å². The molecule has 154 valence electrons. The van der Waals surface area contributed by atoms with E-state index in [0.29, 0.717) is 5.00 Å². The Kier molecular flexibility index (Phi) is 6.22. The first-order valence-corrected chi connectivity index (χ1v) is 10.5. The van der Waals surface area contributed by atoms with Gasteiger partial charge in [0.05, 0.1) is 12.2 Å². The molecule has 1 N–H and O–H groups in total. The average Bonchev–Trinajstić information content (AvgIpc) is 3.02. The van der Waals surface area contributed by atoms with Gasteiger partial charge in [0.2, 0.25) is 0 Å². The van der Waals surface area contributed by atoms with Crippen LogP contribution in [0.1, 0.15) is 30.6 Å². The molecule has 0 radical (unpaired) electrons. The third-order valence-corrected chi connectivity index (χ3v) is 6.78. The Labute approximate surface area is 182 Å². The Morgan fingerprint density at radius 3 is 2.41 bits per heavy atom. The van der Waals surface area contributed by atoms with E-state index in [1.54, 1.807) is 19.9 Å². The molecule has 3 rings (SSSR count). The summed E-state index contributed by atoms with van der Waals surface area (Å²) in [6, 6.07) is 11.1. The van der Waals surface area contributed by atoms with Gasteiger partial charge in [-0.1, -0.05) is 30.3 Å². The molecule has 1 saturated carbocycles. The standard InChI is InChI=1S/C20H19Cl2NO5S/c1-3-27-17(25)13-9-14(12-7-5-4-6-8-12)29-16(13)23-15(24)10-28-18(26)19(2)11-20(19,21)22/h4-9H,3,10-11H2,1-2H3,(H,23,24). The number of hydrogen-bond acceptors (Lipinski definition) is 6. The second-order valence-corrected chi connectivity index (χ2v) is 9.31. The van der Waals surface area contributed by atoms with Crippen molar-refractivity contribution < 1.29 is 23.9 Å². The summed E-state index contributed by atoms with van der Waals surface area (Å²) in [5.74, 6) is -1.76. The maximum atomic E-state index is 12.3. The molecule has 1 atom stereocenters. The molecule has 0 spiro atoms. The van der Waals surface area contributed by atoms with Crippen molar-refractivity contribution >= 4 is 57.4 Å². The van der Waals surface area contributed by atoms with Gasteiger partial charge in [-0.15, -0.1) is 34.5 Å². The van der Waals surface area contributed by atoms with Crippen molar-refractivity contribution in [1.82, 2.24) is 0 Å². The van der Waals surface area contributed by atoms with E-state index in [2.05, 4.69) is 5.32 Å². The fourth-order valence-corrected chi connectivity index (χ4v) is 4.42. The van der Waals surface area contributed by atoms with Crippen LogP contribution in [0.25, 0.3) is 10.4 Å². The van der Waals surface area contributed by atoms with Crippen molar-refractivity contribution in [3.05, 3.63) is 42.0 Å². The van der Waals surface area contributed by atoms with Gasteiger partial charge in [0.15, 0.2) is 6.61 Å². The Balaban J connectivity index is 1.71. The summed E-state index contributed by atoms with van der Waals surface area (Å²) in [4.78, 5) is 37.5. The van der Waals surface area contributed by atoms with Crippen molar-refractivity contribution in [1.29, 1.82) is 0 Å². The highest BCUT2D eigenvalue weighted by Gasteiger charge is 2.69. The van der Waals surface area contributed by atoms with Gasteiger partial charge in [0, 0.05) is 11.3 Å². The maximum absolute atomic E-state index is 12.3. The van der Waals surface area contributed by atoms with Gasteiger partial charge in [-0.05, 0) is 25.5 Å². The second kappa shape index (κ2) is 8.34. The molecule has 29 heavy (non-hydrogen) atoms. The van der Waals surface area contributed by atoms with Gasteiger partial charge in [0.1, 0.15) is 14.7 Å². The van der Waals surface area contributed by atoms with Crippen LogP contribution >= 0.6 is 34.5 Å². The van der Waals surface area contributed by atoms with Gasteiger partial charge in [-0.25, -0.2) is 4.79 Å². The summed E-state index contributed by atoms with van der Waals surface area (Å²) in [5, 5.41) is 2.95. The van der Waals surface area contributed by atoms with Gasteiger partial charge < -0.3 is 14.8 Å². The number of amides is 1. The lowest BCUT2D eigenvalue weighted by atomic mass is 10.1. The molecule has 1 aliphatic carbocycles. The van der Waals surface area contributed by atoms with E-state index in [0.717, 1.165) is 10.4 Å². The molecule has 1 unspecified atom stereocenters. The van der Waals surface area contributed by atoms with Gasteiger partial charge in [-0.3, -0.25) is 9.59 Å². The van der Waals surface area contributed by atoms with Gasteiger partial charge >= 0.3 is 11.9 Å². The Hall–Kier alpha value is -2.09. The first kappa shape index (κ1) is 21.6. The number of halogens is 2. The Morgan fingerprint density at radius 1 is 1.17 bits per heavy atom. The number of benzene rings is 1. The number of anilines is 1. The largest absolute Gasteiger partial charge is 0.462 e. The zero-order chi connectivity index (χ0) is 21.2. The predicted octanol–water partition coefficient (Wildman–Crippen LogP) is 4.66. The van der Waals surface area contributed by atoms with Crippen molar-refractivity contribution in [2.45, 2.75) is 24.6 Å². The summed E-state index contributed by atoms with van der Waals surface area (Å²) in [6.07, 6.45) is 0.266. The van der Waals surface area contributed by atoms with Crippen molar-refractivity contribution in [3.63, 3.8) is 0 Å². The first-order chi connectivity index (χ1) is 13.7. The van der Waals surface area contributed by atoms with Crippen LogP contribution in [0.15, 0.2) is 36.4 Å². The van der Waals surface area contributed by atoms with E-state index in [4.69, 9.17) is 32.7 Å². The zero-order valence-electron chi connectivity index (χ0n) is 15.8. The topological polar surface area (TPSA) is 81.7 Å². The molecule has 1 aromatic carbocycles. The number of nitrogens with one attached hydrogen (secondary N) is 1. The molecule has 0 aliphatic heterocycles. The SMILES string of the molecule is CCOC(=O)c1cc(-c2ccccc2)sc1NC(=O)COC(=O)C1(C)CC1(Cl)Cl. The molecule has 9 heteroatoms. The monoisotopic (exact) mass is 455 g/mol. The molecular formula is C20H19Cl2NO5S. The highest BCUT2D eigenvalue weighted by molar-refractivity contribution is 7.20. The molecule has 0 saturated heterocycles. The third kappa shape index (κ3) is 4.57. The Bertz CT molecular complexity index is 944. The van der Waals surface area contributed by atoms with Crippen LogP contribution in [0.3, 0.4) is 0 Å². The third-order valence-electron chi connectivity index (χ3n) is 4.58. The van der Waals surface area contributed by atoms with Crippen LogP contribution in [0.2, 0.25) is 0 Å². The minimum Gasteiger partial charge on any atom is -0.462 e. The lowest BCUT2D eigenvalue weighted by molar-refractivity contribution is -0.152. The lowest BCUT2D eigenvalue weighted by Crippen LogP contribution is -2.27. The average molecular weight is 456 g/mol. The summed E-state index contributed by atoms with van der Waals surface area (Å²) in [6.45, 7) is 2.97. The number of ether oxygens (including phenoxy) is 2. The highest BCUT2D eigenvalue weighted by Crippen LogP contribution is 2.64. The van der Waals surface area contributed by atoms with Crippen LogP contribution in [0.4, 0.5) is 5.00 Å². The smallest absolute Gasteiger partial charge is 0.341 e. The predicted molar refractivity (Wildman–Crippen MR) is 112 cm³/mol. The quantitative estimate of drug-likeness (QED) is 0.484. The summed E-state index contributed by atoms with van der Waals surface area (Å²) in [5.41, 5.74) is 0.123. The number of esters is 2. The minimum absolute atomic E-state index is 0.206. The van der Waals surface area contributed by atoms with Crippen molar-refractivity contribution in [3.8, 4) is 10.4 Å². The van der Waals surface area contributed by atoms with E-state index in [1.165, 1.54) is 11.3 Å². The van der Waals surface area contributed by atoms with Crippen LogP contribution in [0.5, 0.6) is 0 Å². The molecular weight excluding hydrogens is 437 g/mol. The number of carbonyl (C=O) groups is 3. The zero-order valence-corrected chi connectivity index (χ0v) is 18.1. The highest BCUT2D eigenvalue weighted by atomic mass is 35.5. The van der Waals surface area contributed by atoms with E-state index >= 15 is 0 Å². The summed E-state index contributed by atoms with van der Waals surface area (Å²) in [7, 11) is 0. The van der Waals surface area contributed by atoms with Crippen LogP contribution in [-0.4, -0.2) is 35.4 Å². The van der Waals surface area contributed by atoms with Crippen LogP contribution in [0, 0.1) is 5.41 Å². The van der Waals surface area contributed by atoms with Gasteiger partial charge in [-0.2, -0.15) is 0 Å². The molecule has 1 amide bonds. The number of carbonyl (C=O) groups excluding carboxylic acids is 3. The summed E-state index contributed by atoms with van der Waals surface area (Å²) < 4.78 is 8.95. The van der Waals surface area contributed by atoms with E-state index in [-0.39, 0.29) is 18.6 Å². The van der Waals surface area contributed by atoms with E-state index < -0.39 is 34.2 Å². The van der Waals surface area contributed by atoms with E-state index in [9.17, 15) is 14.4 Å². The van der Waals surface area contributed by atoms with Crippen LogP contribution in [-0.2, 0) is 19.1 Å². The fraction of sp³-hybridized carbons (Fsp3) is 0.350. The number of hydrogen-bond donors (Lipinski definition) is 1. The van der Waals surface area contributed by atoms with E-state index in [1.807, 2.05) is 30.3 Å². The van der Waals surface area contributed by atoms with Crippen molar-refractivity contribution in [2.75, 3.05) is 18.5 Å². The minimum atomic E-state index is -1.17. The molecule has 2 aromatic rings. The number of alkyl halides is 2. The molecule has 1 aromatic heterocycles. The molecule has 6 nitrogen and oxygen atoms in total. The molecule has 1 heterocycles. The molecule has 1 aliphatic rings. The van der Waals surface area contributed by atoms with Crippen molar-refractivity contribution in [2.24, 2.45) is 5.41 Å². The lowest BCUT2D eigenvalue weighted by Gasteiger charge is -2.11. The molecule has 1 fully saturated rings. The second-order valence-electron chi connectivity index (χ2n) is 6.78. The maximum Gasteiger partial charge on any atom is 0.341 e. The molecule has 0 bridgehead atoms. The fourth-order valence-electron chi connectivity index (χ4n) is 2.66. The Morgan fingerprint density at radius 2 is 1.83 bits per heavy atom. The first-order valence-electron chi connectivity index (χ1n) is 8.89. The summed E-state index contributed by atoms with van der Waals surface area (Å²) >= 11 is 13.1.